The number of carbonyl (C=O) groups is 1. The molecular weight excluding hydrogens is 360 g/mol. The molecule has 0 spiro atoms. The van der Waals surface area contributed by atoms with Crippen molar-refractivity contribution in [1.29, 1.82) is 0 Å². The van der Waals surface area contributed by atoms with Crippen LogP contribution in [0.3, 0.4) is 0 Å². The highest BCUT2D eigenvalue weighted by Crippen LogP contribution is 2.19. The first-order valence-electron chi connectivity index (χ1n) is 9.51. The molecule has 0 aliphatic carbocycles. The fourth-order valence-corrected chi connectivity index (χ4v) is 4.36. The number of likely N-dealkylation sites (tertiary alicyclic amines) is 1. The van der Waals surface area contributed by atoms with Gasteiger partial charge in [0.2, 0.25) is 0 Å². The average Bonchev–Trinajstić information content (AvgIpc) is 2.69. The lowest BCUT2D eigenvalue weighted by atomic mass is 10.1. The molecule has 1 heterocycles. The molecule has 1 saturated heterocycles. The first-order chi connectivity index (χ1) is 13.0. The van der Waals surface area contributed by atoms with Crippen molar-refractivity contribution in [3.63, 3.8) is 0 Å². The molecule has 1 aliphatic rings. The number of anilines is 1. The van der Waals surface area contributed by atoms with Gasteiger partial charge in [-0.25, -0.2) is 8.42 Å². The molecule has 5 nitrogen and oxygen atoms in total. The zero-order valence-corrected chi connectivity index (χ0v) is 16.5. The molecule has 0 radical (unpaired) electrons. The third-order valence-electron chi connectivity index (χ3n) is 4.80. The predicted octanol–water partition coefficient (Wildman–Crippen LogP) is 4.07. The topological polar surface area (TPSA) is 66.5 Å². The Morgan fingerprint density at radius 2 is 1.59 bits per heavy atom. The molecule has 1 N–H and O–H groups in total. The number of amides is 1. The second-order valence-corrected chi connectivity index (χ2v) is 8.61. The molecule has 144 valence electrons. The molecular formula is C21H26N2O3S. The van der Waals surface area contributed by atoms with Crippen LogP contribution in [-0.2, 0) is 16.4 Å². The minimum absolute atomic E-state index is 0.00983. The van der Waals surface area contributed by atoms with Gasteiger partial charge in [-0.3, -0.25) is 9.52 Å². The van der Waals surface area contributed by atoms with Gasteiger partial charge in [-0.05, 0) is 67.6 Å². The summed E-state index contributed by atoms with van der Waals surface area (Å²) >= 11 is 0. The third-order valence-corrected chi connectivity index (χ3v) is 6.20. The Bertz CT molecular complexity index is 869. The van der Waals surface area contributed by atoms with E-state index in [0.717, 1.165) is 44.3 Å². The van der Waals surface area contributed by atoms with Crippen LogP contribution in [0.1, 0.15) is 48.5 Å². The number of sulfonamides is 1. The van der Waals surface area contributed by atoms with Crippen LogP contribution in [0.4, 0.5) is 5.69 Å². The third kappa shape index (κ3) is 4.89. The summed E-state index contributed by atoms with van der Waals surface area (Å²) in [6.45, 7) is 3.67. The fraction of sp³-hybridized carbons (Fsp3) is 0.381. The van der Waals surface area contributed by atoms with Crippen molar-refractivity contribution in [2.75, 3.05) is 17.8 Å². The Kier molecular flexibility index (Phi) is 6.16. The maximum atomic E-state index is 12.6. The van der Waals surface area contributed by atoms with Crippen molar-refractivity contribution in [3.8, 4) is 0 Å². The van der Waals surface area contributed by atoms with Crippen molar-refractivity contribution in [3.05, 3.63) is 59.7 Å². The van der Waals surface area contributed by atoms with E-state index in [1.54, 1.807) is 36.4 Å². The summed E-state index contributed by atoms with van der Waals surface area (Å²) in [6.07, 6.45) is 5.21. The standard InChI is InChI=1S/C21H26N2O3S/c1-2-6-17-7-13-20(14-8-17)27(25,26)22-19-11-9-18(10-12-19)21(24)23-15-4-3-5-16-23/h7-14,22H,2-6,15-16H2,1H3. The van der Waals surface area contributed by atoms with E-state index in [0.29, 0.717) is 11.3 Å². The Hall–Kier alpha value is -2.34. The molecule has 3 rings (SSSR count). The number of nitrogens with zero attached hydrogens (tertiary/aromatic N) is 1. The van der Waals surface area contributed by atoms with E-state index in [1.165, 1.54) is 6.42 Å². The lowest BCUT2D eigenvalue weighted by molar-refractivity contribution is 0.0724. The van der Waals surface area contributed by atoms with Crippen LogP contribution >= 0.6 is 0 Å². The number of piperidine rings is 1. The van der Waals surface area contributed by atoms with Gasteiger partial charge in [0.05, 0.1) is 4.90 Å². The smallest absolute Gasteiger partial charge is 0.261 e. The van der Waals surface area contributed by atoms with Gasteiger partial charge in [-0.1, -0.05) is 25.5 Å². The van der Waals surface area contributed by atoms with Crippen molar-refractivity contribution in [2.24, 2.45) is 0 Å². The number of carbonyl (C=O) groups excluding carboxylic acids is 1. The van der Waals surface area contributed by atoms with Crippen LogP contribution in [0.2, 0.25) is 0 Å². The molecule has 2 aromatic carbocycles. The number of benzene rings is 2. The molecule has 6 heteroatoms. The lowest BCUT2D eigenvalue weighted by Crippen LogP contribution is -2.35. The normalized spacial score (nSPS) is 14.8. The number of nitrogens with one attached hydrogen (secondary N) is 1. The monoisotopic (exact) mass is 386 g/mol. The highest BCUT2D eigenvalue weighted by Gasteiger charge is 2.19. The molecule has 0 unspecified atom stereocenters. The minimum atomic E-state index is -3.64. The van der Waals surface area contributed by atoms with Crippen molar-refractivity contribution in [2.45, 2.75) is 43.9 Å². The zero-order valence-electron chi connectivity index (χ0n) is 15.6. The van der Waals surface area contributed by atoms with Gasteiger partial charge in [0.25, 0.3) is 15.9 Å². The van der Waals surface area contributed by atoms with E-state index >= 15 is 0 Å². The van der Waals surface area contributed by atoms with Crippen LogP contribution < -0.4 is 4.72 Å². The van der Waals surface area contributed by atoms with E-state index < -0.39 is 10.0 Å². The van der Waals surface area contributed by atoms with Gasteiger partial charge < -0.3 is 4.90 Å². The van der Waals surface area contributed by atoms with E-state index in [-0.39, 0.29) is 10.8 Å². The zero-order chi connectivity index (χ0) is 19.3. The average molecular weight is 387 g/mol. The van der Waals surface area contributed by atoms with E-state index in [9.17, 15) is 13.2 Å². The molecule has 27 heavy (non-hydrogen) atoms. The van der Waals surface area contributed by atoms with Gasteiger partial charge in [0, 0.05) is 24.3 Å². The summed E-state index contributed by atoms with van der Waals surface area (Å²) in [4.78, 5) is 14.6. The number of hydrogen-bond donors (Lipinski definition) is 1. The summed E-state index contributed by atoms with van der Waals surface area (Å²) < 4.78 is 27.7. The summed E-state index contributed by atoms with van der Waals surface area (Å²) in [5, 5.41) is 0. The first-order valence-corrected chi connectivity index (χ1v) is 11.0. The highest BCUT2D eigenvalue weighted by atomic mass is 32.2. The molecule has 0 aromatic heterocycles. The SMILES string of the molecule is CCCc1ccc(S(=O)(=O)Nc2ccc(C(=O)N3CCCCC3)cc2)cc1. The van der Waals surface area contributed by atoms with E-state index in [2.05, 4.69) is 11.6 Å². The van der Waals surface area contributed by atoms with Gasteiger partial charge >= 0.3 is 0 Å². The molecule has 1 amide bonds. The van der Waals surface area contributed by atoms with Gasteiger partial charge in [-0.2, -0.15) is 0 Å². The lowest BCUT2D eigenvalue weighted by Gasteiger charge is -2.26. The van der Waals surface area contributed by atoms with Gasteiger partial charge in [0.1, 0.15) is 0 Å². The van der Waals surface area contributed by atoms with E-state index in [4.69, 9.17) is 0 Å². The fourth-order valence-electron chi connectivity index (χ4n) is 3.30. The largest absolute Gasteiger partial charge is 0.339 e. The quantitative estimate of drug-likeness (QED) is 0.814. The second kappa shape index (κ2) is 8.57. The second-order valence-electron chi connectivity index (χ2n) is 6.93. The van der Waals surface area contributed by atoms with Crippen LogP contribution in [0.5, 0.6) is 0 Å². The van der Waals surface area contributed by atoms with Gasteiger partial charge in [-0.15, -0.1) is 0 Å². The maximum Gasteiger partial charge on any atom is 0.261 e. The molecule has 1 aliphatic heterocycles. The highest BCUT2D eigenvalue weighted by molar-refractivity contribution is 7.92. The Morgan fingerprint density at radius 3 is 2.19 bits per heavy atom. The summed E-state index contributed by atoms with van der Waals surface area (Å²) in [7, 11) is -3.64. The molecule has 2 aromatic rings. The summed E-state index contributed by atoms with van der Waals surface area (Å²) in [5.41, 5.74) is 2.16. The summed E-state index contributed by atoms with van der Waals surface area (Å²) in [6, 6.07) is 13.6. The van der Waals surface area contributed by atoms with Gasteiger partial charge in [0.15, 0.2) is 0 Å². The van der Waals surface area contributed by atoms with Crippen molar-refractivity contribution >= 4 is 21.6 Å². The molecule has 1 fully saturated rings. The molecule has 0 atom stereocenters. The Morgan fingerprint density at radius 1 is 0.963 bits per heavy atom. The summed E-state index contributed by atoms with van der Waals surface area (Å²) in [5.74, 6) is 0.00983. The van der Waals surface area contributed by atoms with Crippen LogP contribution in [0.25, 0.3) is 0 Å². The van der Waals surface area contributed by atoms with E-state index in [1.807, 2.05) is 17.0 Å². The van der Waals surface area contributed by atoms with Crippen LogP contribution in [0, 0.1) is 0 Å². The Balaban J connectivity index is 1.68. The number of rotatable bonds is 6. The number of hydrogen-bond acceptors (Lipinski definition) is 3. The van der Waals surface area contributed by atoms with Crippen molar-refractivity contribution in [1.82, 2.24) is 4.90 Å². The predicted molar refractivity (Wildman–Crippen MR) is 107 cm³/mol. The number of aryl methyl sites for hydroxylation is 1. The molecule has 0 bridgehead atoms. The van der Waals surface area contributed by atoms with Crippen molar-refractivity contribution < 1.29 is 13.2 Å². The Labute approximate surface area is 161 Å². The first kappa shape index (κ1) is 19.4. The van der Waals surface area contributed by atoms with Crippen LogP contribution in [0.15, 0.2) is 53.4 Å². The molecule has 0 saturated carbocycles. The minimum Gasteiger partial charge on any atom is -0.339 e. The van der Waals surface area contributed by atoms with Crippen LogP contribution in [-0.4, -0.2) is 32.3 Å². The maximum absolute atomic E-state index is 12.6.